The number of ether oxygens (including phenoxy) is 1. The molecule has 2 aromatic carbocycles. The number of carbonyl (C=O) groups is 1. The fourth-order valence-electron chi connectivity index (χ4n) is 2.47. The smallest absolute Gasteiger partial charge is 0.260 e. The van der Waals surface area contributed by atoms with Gasteiger partial charge in [-0.25, -0.2) is 13.8 Å². The Bertz CT molecular complexity index is 938. The summed E-state index contributed by atoms with van der Waals surface area (Å²) in [4.78, 5) is 12.2. The summed E-state index contributed by atoms with van der Waals surface area (Å²) in [6.45, 7) is 5.32. The lowest BCUT2D eigenvalue weighted by atomic mass is 10.2. The summed E-state index contributed by atoms with van der Waals surface area (Å²) in [5, 5.41) is 3.90. The second-order valence-electron chi connectivity index (χ2n) is 6.58. The second-order valence-corrected chi connectivity index (χ2v) is 8.49. The highest BCUT2D eigenvalue weighted by Gasteiger charge is 2.21. The van der Waals surface area contributed by atoms with Crippen molar-refractivity contribution in [3.63, 3.8) is 0 Å². The van der Waals surface area contributed by atoms with E-state index in [0.29, 0.717) is 5.69 Å². The normalized spacial score (nSPS) is 11.6. The molecule has 7 nitrogen and oxygen atoms in total. The third-order valence-electron chi connectivity index (χ3n) is 3.73. The van der Waals surface area contributed by atoms with Gasteiger partial charge in [0, 0.05) is 0 Å². The molecule has 0 spiro atoms. The van der Waals surface area contributed by atoms with Crippen LogP contribution < -0.4 is 14.5 Å². The van der Waals surface area contributed by atoms with E-state index in [1.165, 1.54) is 6.21 Å². The molecule has 0 heterocycles. The maximum atomic E-state index is 12.2. The number of hydrogen-bond donors (Lipinski definition) is 1. The number of carbonyl (C=O) groups excluding carboxylic acids is 1. The molecule has 2 aromatic rings. The number of anilines is 1. The van der Waals surface area contributed by atoms with Crippen LogP contribution in [0.2, 0.25) is 0 Å². The maximum Gasteiger partial charge on any atom is 0.260 e. The van der Waals surface area contributed by atoms with Crippen molar-refractivity contribution in [1.82, 2.24) is 5.43 Å². The van der Waals surface area contributed by atoms with Crippen molar-refractivity contribution in [2.45, 2.75) is 26.9 Å². The first-order valence-electron chi connectivity index (χ1n) is 8.79. The van der Waals surface area contributed by atoms with Crippen molar-refractivity contribution < 1.29 is 17.9 Å². The van der Waals surface area contributed by atoms with Crippen LogP contribution in [0, 0.1) is 6.92 Å². The summed E-state index contributed by atoms with van der Waals surface area (Å²) in [7, 11) is -3.62. The fourth-order valence-corrected chi connectivity index (χ4v) is 3.39. The fraction of sp³-hybridized carbons (Fsp3) is 0.300. The molecule has 8 heteroatoms. The Balaban J connectivity index is 2.01. The van der Waals surface area contributed by atoms with Crippen molar-refractivity contribution in [3.05, 3.63) is 59.7 Å². The Labute approximate surface area is 166 Å². The zero-order valence-electron chi connectivity index (χ0n) is 16.4. The molecule has 28 heavy (non-hydrogen) atoms. The zero-order chi connectivity index (χ0) is 20.7. The van der Waals surface area contributed by atoms with E-state index in [4.69, 9.17) is 4.74 Å². The van der Waals surface area contributed by atoms with Gasteiger partial charge in [0.1, 0.15) is 12.3 Å². The van der Waals surface area contributed by atoms with E-state index in [2.05, 4.69) is 10.5 Å². The summed E-state index contributed by atoms with van der Waals surface area (Å²) >= 11 is 0. The first kappa shape index (κ1) is 21.4. The Morgan fingerprint density at radius 2 is 1.82 bits per heavy atom. The predicted octanol–water partition coefficient (Wildman–Crippen LogP) is 2.70. The Hall–Kier alpha value is -2.87. The third-order valence-corrected chi connectivity index (χ3v) is 4.85. The molecule has 0 aliphatic carbocycles. The number of hydrazone groups is 1. The molecule has 0 radical (unpaired) electrons. The first-order valence-corrected chi connectivity index (χ1v) is 10.6. The van der Waals surface area contributed by atoms with Crippen molar-refractivity contribution >= 4 is 27.8 Å². The van der Waals surface area contributed by atoms with Crippen LogP contribution in [0.3, 0.4) is 0 Å². The van der Waals surface area contributed by atoms with Crippen LogP contribution >= 0.6 is 0 Å². The molecule has 2 rings (SSSR count). The van der Waals surface area contributed by atoms with Crippen LogP contribution in [-0.2, 0) is 14.8 Å². The summed E-state index contributed by atoms with van der Waals surface area (Å²) in [5.41, 5.74) is 4.36. The molecular formula is C20H25N3O4S. The lowest BCUT2D eigenvalue weighted by molar-refractivity contribution is -0.119. The Kier molecular flexibility index (Phi) is 7.17. The molecule has 0 aromatic heterocycles. The zero-order valence-corrected chi connectivity index (χ0v) is 17.2. The molecule has 1 amide bonds. The number of benzene rings is 2. The minimum absolute atomic E-state index is 0.0878. The van der Waals surface area contributed by atoms with Crippen molar-refractivity contribution in [2.24, 2.45) is 5.10 Å². The topological polar surface area (TPSA) is 88.1 Å². The van der Waals surface area contributed by atoms with Crippen LogP contribution in [0.15, 0.2) is 53.6 Å². The highest BCUT2D eigenvalue weighted by atomic mass is 32.2. The van der Waals surface area contributed by atoms with E-state index in [1.807, 2.05) is 38.1 Å². The summed E-state index contributed by atoms with van der Waals surface area (Å²) in [6, 6.07) is 14.2. The maximum absolute atomic E-state index is 12.2. The molecule has 0 saturated carbocycles. The SMILES string of the molecule is Cc1ccccc1N(CC(=O)N/N=C\c1ccc(OC(C)C)cc1)S(C)(=O)=O. The van der Waals surface area contributed by atoms with Gasteiger partial charge in [-0.1, -0.05) is 18.2 Å². The van der Waals surface area contributed by atoms with Crippen molar-refractivity contribution in [1.29, 1.82) is 0 Å². The highest BCUT2D eigenvalue weighted by Crippen LogP contribution is 2.21. The van der Waals surface area contributed by atoms with Crippen LogP contribution in [-0.4, -0.2) is 39.4 Å². The van der Waals surface area contributed by atoms with E-state index >= 15 is 0 Å². The summed E-state index contributed by atoms with van der Waals surface area (Å²) in [6.07, 6.45) is 2.64. The quantitative estimate of drug-likeness (QED) is 0.542. The average Bonchev–Trinajstić information content (AvgIpc) is 2.60. The van der Waals surface area contributed by atoms with Crippen LogP contribution in [0.4, 0.5) is 5.69 Å². The molecule has 0 aliphatic rings. The van der Waals surface area contributed by atoms with Crippen LogP contribution in [0.1, 0.15) is 25.0 Å². The number of nitrogens with one attached hydrogen (secondary N) is 1. The Morgan fingerprint density at radius 1 is 1.18 bits per heavy atom. The van der Waals surface area contributed by atoms with E-state index < -0.39 is 15.9 Å². The van der Waals surface area contributed by atoms with Gasteiger partial charge in [-0.3, -0.25) is 9.10 Å². The number of sulfonamides is 1. The van der Waals surface area contributed by atoms with Crippen LogP contribution in [0.25, 0.3) is 0 Å². The van der Waals surface area contributed by atoms with E-state index in [0.717, 1.165) is 27.4 Å². The molecule has 0 bridgehead atoms. The number of aryl methyl sites for hydroxylation is 1. The van der Waals surface area contributed by atoms with Gasteiger partial charge in [0.25, 0.3) is 5.91 Å². The highest BCUT2D eigenvalue weighted by molar-refractivity contribution is 7.92. The predicted molar refractivity (Wildman–Crippen MR) is 111 cm³/mol. The molecule has 0 fully saturated rings. The van der Waals surface area contributed by atoms with Gasteiger partial charge in [-0.15, -0.1) is 0 Å². The van der Waals surface area contributed by atoms with Gasteiger partial charge >= 0.3 is 0 Å². The van der Waals surface area contributed by atoms with Crippen molar-refractivity contribution in [3.8, 4) is 5.75 Å². The third kappa shape index (κ3) is 6.38. The first-order chi connectivity index (χ1) is 13.2. The lowest BCUT2D eigenvalue weighted by Crippen LogP contribution is -2.39. The standard InChI is InChI=1S/C20H25N3O4S/c1-15(2)27-18-11-9-17(10-12-18)13-21-22-20(24)14-23(28(4,25)26)19-8-6-5-7-16(19)3/h5-13,15H,14H2,1-4H3,(H,22,24)/b21-13-. The average molecular weight is 404 g/mol. The molecule has 0 unspecified atom stereocenters. The monoisotopic (exact) mass is 403 g/mol. The number of rotatable bonds is 8. The minimum atomic E-state index is -3.62. The van der Waals surface area contributed by atoms with E-state index in [1.54, 1.807) is 31.2 Å². The van der Waals surface area contributed by atoms with Gasteiger partial charge in [-0.2, -0.15) is 5.10 Å². The minimum Gasteiger partial charge on any atom is -0.491 e. The number of nitrogens with zero attached hydrogens (tertiary/aromatic N) is 2. The lowest BCUT2D eigenvalue weighted by Gasteiger charge is -2.23. The second kappa shape index (κ2) is 9.36. The van der Waals surface area contributed by atoms with Gasteiger partial charge in [0.2, 0.25) is 10.0 Å². The van der Waals surface area contributed by atoms with Gasteiger partial charge in [-0.05, 0) is 62.2 Å². The number of para-hydroxylation sites is 1. The number of hydrogen-bond acceptors (Lipinski definition) is 5. The molecule has 0 atom stereocenters. The summed E-state index contributed by atoms with van der Waals surface area (Å²) in [5.74, 6) is 0.211. The largest absolute Gasteiger partial charge is 0.491 e. The summed E-state index contributed by atoms with van der Waals surface area (Å²) < 4.78 is 30.9. The molecular weight excluding hydrogens is 378 g/mol. The van der Waals surface area contributed by atoms with Crippen LogP contribution in [0.5, 0.6) is 5.75 Å². The van der Waals surface area contributed by atoms with Gasteiger partial charge in [0.05, 0.1) is 24.3 Å². The van der Waals surface area contributed by atoms with E-state index in [-0.39, 0.29) is 12.6 Å². The molecule has 150 valence electrons. The van der Waals surface area contributed by atoms with Crippen molar-refractivity contribution in [2.75, 3.05) is 17.1 Å². The van der Waals surface area contributed by atoms with E-state index in [9.17, 15) is 13.2 Å². The molecule has 0 saturated heterocycles. The van der Waals surface area contributed by atoms with Gasteiger partial charge < -0.3 is 4.74 Å². The van der Waals surface area contributed by atoms with Gasteiger partial charge in [0.15, 0.2) is 0 Å². The molecule has 1 N–H and O–H groups in total. The Morgan fingerprint density at radius 3 is 2.39 bits per heavy atom. The molecule has 0 aliphatic heterocycles. The number of amides is 1.